The van der Waals surface area contributed by atoms with E-state index in [9.17, 15) is 4.79 Å². The highest BCUT2D eigenvalue weighted by Gasteiger charge is 2.19. The fraction of sp³-hybridized carbons (Fsp3) is 0.500. The molecule has 4 nitrogen and oxygen atoms in total. The molecule has 1 aromatic carbocycles. The second-order valence-corrected chi connectivity index (χ2v) is 5.12. The first kappa shape index (κ1) is 14.5. The van der Waals surface area contributed by atoms with Gasteiger partial charge in [-0.2, -0.15) is 0 Å². The third kappa shape index (κ3) is 4.37. The van der Waals surface area contributed by atoms with Crippen LogP contribution in [0.25, 0.3) is 0 Å². The second-order valence-electron chi connectivity index (χ2n) is 5.12. The van der Waals surface area contributed by atoms with Crippen LogP contribution in [0, 0.1) is 6.92 Å². The quantitative estimate of drug-likeness (QED) is 0.834. The van der Waals surface area contributed by atoms with Gasteiger partial charge in [0.25, 0.3) is 0 Å². The Balaban J connectivity index is 2.89. The van der Waals surface area contributed by atoms with Crippen molar-refractivity contribution in [2.75, 3.05) is 13.2 Å². The number of esters is 1. The van der Waals surface area contributed by atoms with Gasteiger partial charge in [-0.25, -0.2) is 4.79 Å². The molecular formula is C14H21NO3. The predicted octanol–water partition coefficient (Wildman–Crippen LogP) is 2.29. The molecule has 2 N–H and O–H groups in total. The van der Waals surface area contributed by atoms with Gasteiger partial charge in [0.05, 0.1) is 5.56 Å². The van der Waals surface area contributed by atoms with Crippen LogP contribution in [0.1, 0.15) is 36.7 Å². The molecule has 0 aliphatic rings. The maximum atomic E-state index is 12.0. The van der Waals surface area contributed by atoms with Gasteiger partial charge in [0.1, 0.15) is 18.0 Å². The molecule has 18 heavy (non-hydrogen) atoms. The predicted molar refractivity (Wildman–Crippen MR) is 70.9 cm³/mol. The van der Waals surface area contributed by atoms with Crippen LogP contribution in [-0.4, -0.2) is 24.7 Å². The van der Waals surface area contributed by atoms with E-state index in [1.165, 1.54) is 0 Å². The summed E-state index contributed by atoms with van der Waals surface area (Å²) in [6.45, 7) is 8.26. The molecule has 4 heteroatoms. The molecule has 0 heterocycles. The molecule has 0 spiro atoms. The van der Waals surface area contributed by atoms with Crippen molar-refractivity contribution in [1.82, 2.24) is 0 Å². The van der Waals surface area contributed by atoms with E-state index < -0.39 is 5.60 Å². The molecule has 0 bridgehead atoms. The maximum Gasteiger partial charge on any atom is 0.339 e. The minimum atomic E-state index is -0.502. The number of rotatable bonds is 4. The average Bonchev–Trinajstić information content (AvgIpc) is 2.25. The topological polar surface area (TPSA) is 61.5 Å². The number of carbonyl (C=O) groups is 1. The summed E-state index contributed by atoms with van der Waals surface area (Å²) in [6.07, 6.45) is 0. The Morgan fingerprint density at radius 1 is 1.33 bits per heavy atom. The van der Waals surface area contributed by atoms with E-state index in [0.717, 1.165) is 5.56 Å². The molecule has 0 radical (unpaired) electrons. The van der Waals surface area contributed by atoms with Crippen LogP contribution in [0.5, 0.6) is 5.75 Å². The Kier molecular flexibility index (Phi) is 4.73. The maximum absolute atomic E-state index is 12.0. The fourth-order valence-corrected chi connectivity index (χ4v) is 1.42. The average molecular weight is 251 g/mol. The Bertz CT molecular complexity index is 422. The largest absolute Gasteiger partial charge is 0.492 e. The third-order valence-electron chi connectivity index (χ3n) is 2.21. The van der Waals surface area contributed by atoms with Crippen LogP contribution in [0.15, 0.2) is 18.2 Å². The van der Waals surface area contributed by atoms with Crippen molar-refractivity contribution in [3.8, 4) is 5.75 Å². The summed E-state index contributed by atoms with van der Waals surface area (Å²) in [7, 11) is 0. The molecule has 0 amide bonds. The Labute approximate surface area is 108 Å². The number of benzene rings is 1. The molecule has 0 atom stereocenters. The Hall–Kier alpha value is -1.55. The number of hydrogen-bond donors (Lipinski definition) is 1. The lowest BCUT2D eigenvalue weighted by Gasteiger charge is -2.20. The molecule has 0 aliphatic heterocycles. The number of carbonyl (C=O) groups excluding carboxylic acids is 1. The number of aryl methyl sites for hydroxylation is 1. The second kappa shape index (κ2) is 5.87. The fourth-order valence-electron chi connectivity index (χ4n) is 1.42. The van der Waals surface area contributed by atoms with E-state index in [1.54, 1.807) is 6.07 Å². The van der Waals surface area contributed by atoms with E-state index in [4.69, 9.17) is 15.2 Å². The highest BCUT2D eigenvalue weighted by molar-refractivity contribution is 5.91. The lowest BCUT2D eigenvalue weighted by molar-refractivity contribution is 0.00683. The van der Waals surface area contributed by atoms with Crippen molar-refractivity contribution in [3.63, 3.8) is 0 Å². The van der Waals surface area contributed by atoms with Crippen LogP contribution in [0.4, 0.5) is 0 Å². The van der Waals surface area contributed by atoms with Gasteiger partial charge < -0.3 is 15.2 Å². The molecule has 0 saturated carbocycles. The first-order valence-corrected chi connectivity index (χ1v) is 6.00. The van der Waals surface area contributed by atoms with Gasteiger partial charge in [-0.05, 0) is 45.4 Å². The van der Waals surface area contributed by atoms with Gasteiger partial charge in [-0.1, -0.05) is 6.07 Å². The molecule has 0 saturated heterocycles. The molecule has 0 fully saturated rings. The zero-order chi connectivity index (χ0) is 13.8. The summed E-state index contributed by atoms with van der Waals surface area (Å²) in [6, 6.07) is 5.35. The van der Waals surface area contributed by atoms with Gasteiger partial charge >= 0.3 is 5.97 Å². The highest BCUT2D eigenvalue weighted by atomic mass is 16.6. The Morgan fingerprint density at radius 3 is 2.56 bits per heavy atom. The van der Waals surface area contributed by atoms with Gasteiger partial charge in [0.2, 0.25) is 0 Å². The first-order chi connectivity index (χ1) is 8.33. The van der Waals surface area contributed by atoms with Crippen LogP contribution >= 0.6 is 0 Å². The van der Waals surface area contributed by atoms with E-state index in [-0.39, 0.29) is 5.97 Å². The molecule has 0 aliphatic carbocycles. The highest BCUT2D eigenvalue weighted by Crippen LogP contribution is 2.20. The zero-order valence-corrected chi connectivity index (χ0v) is 11.4. The molecule has 0 aromatic heterocycles. The molecule has 0 unspecified atom stereocenters. The van der Waals surface area contributed by atoms with Crippen molar-refractivity contribution in [1.29, 1.82) is 0 Å². The van der Waals surface area contributed by atoms with E-state index in [0.29, 0.717) is 24.5 Å². The SMILES string of the molecule is Cc1ccc(OCCN)cc1C(=O)OC(C)(C)C. The van der Waals surface area contributed by atoms with E-state index >= 15 is 0 Å². The minimum absolute atomic E-state index is 0.335. The number of ether oxygens (including phenoxy) is 2. The summed E-state index contributed by atoms with van der Waals surface area (Å²) >= 11 is 0. The molecule has 1 rings (SSSR count). The van der Waals surface area contributed by atoms with Crippen molar-refractivity contribution in [2.24, 2.45) is 5.73 Å². The molecular weight excluding hydrogens is 230 g/mol. The van der Waals surface area contributed by atoms with Crippen molar-refractivity contribution in [2.45, 2.75) is 33.3 Å². The van der Waals surface area contributed by atoms with E-state index in [1.807, 2.05) is 39.8 Å². The monoisotopic (exact) mass is 251 g/mol. The van der Waals surface area contributed by atoms with Crippen molar-refractivity contribution in [3.05, 3.63) is 29.3 Å². The smallest absolute Gasteiger partial charge is 0.339 e. The van der Waals surface area contributed by atoms with Gasteiger partial charge in [0, 0.05) is 6.54 Å². The molecule has 1 aromatic rings. The lowest BCUT2D eigenvalue weighted by Crippen LogP contribution is -2.24. The summed E-state index contributed by atoms with van der Waals surface area (Å²) in [4.78, 5) is 12.0. The number of nitrogens with two attached hydrogens (primary N) is 1. The summed E-state index contributed by atoms with van der Waals surface area (Å²) in [5.74, 6) is 0.296. The normalized spacial score (nSPS) is 11.2. The third-order valence-corrected chi connectivity index (χ3v) is 2.21. The first-order valence-electron chi connectivity index (χ1n) is 6.00. The molecule has 100 valence electrons. The van der Waals surface area contributed by atoms with Crippen LogP contribution in [0.2, 0.25) is 0 Å². The van der Waals surface area contributed by atoms with E-state index in [2.05, 4.69) is 0 Å². The standard InChI is InChI=1S/C14H21NO3/c1-10-5-6-11(17-8-7-15)9-12(10)13(16)18-14(2,3)4/h5-6,9H,7-8,15H2,1-4H3. The minimum Gasteiger partial charge on any atom is -0.492 e. The van der Waals surface area contributed by atoms with Gasteiger partial charge in [-0.3, -0.25) is 0 Å². The van der Waals surface area contributed by atoms with Gasteiger partial charge in [-0.15, -0.1) is 0 Å². The van der Waals surface area contributed by atoms with Crippen LogP contribution in [0.3, 0.4) is 0 Å². The van der Waals surface area contributed by atoms with Crippen LogP contribution < -0.4 is 10.5 Å². The van der Waals surface area contributed by atoms with Crippen LogP contribution in [-0.2, 0) is 4.74 Å². The van der Waals surface area contributed by atoms with Crippen molar-refractivity contribution >= 4 is 5.97 Å². The summed E-state index contributed by atoms with van der Waals surface area (Å²) < 4.78 is 10.7. The summed E-state index contributed by atoms with van der Waals surface area (Å²) in [5.41, 5.74) is 6.26. The Morgan fingerprint density at radius 2 is 2.00 bits per heavy atom. The van der Waals surface area contributed by atoms with Crippen molar-refractivity contribution < 1.29 is 14.3 Å². The number of hydrogen-bond acceptors (Lipinski definition) is 4. The lowest BCUT2D eigenvalue weighted by atomic mass is 10.1. The summed E-state index contributed by atoms with van der Waals surface area (Å²) in [5, 5.41) is 0. The zero-order valence-electron chi connectivity index (χ0n) is 11.4. The van der Waals surface area contributed by atoms with Gasteiger partial charge in [0.15, 0.2) is 0 Å².